The van der Waals surface area contributed by atoms with E-state index in [1.165, 1.54) is 0 Å². The number of ether oxygens (including phenoxy) is 1. The van der Waals surface area contributed by atoms with Crippen molar-refractivity contribution in [2.45, 2.75) is 6.54 Å². The van der Waals surface area contributed by atoms with E-state index < -0.39 is 41.5 Å². The summed E-state index contributed by atoms with van der Waals surface area (Å²) in [7, 11) is 1.73. The number of halogens is 3. The highest BCUT2D eigenvalue weighted by molar-refractivity contribution is 5.94. The van der Waals surface area contributed by atoms with Crippen LogP contribution < -0.4 is 15.4 Å². The summed E-state index contributed by atoms with van der Waals surface area (Å²) in [6.45, 7) is 4.05. The quantitative estimate of drug-likeness (QED) is 0.457. The third kappa shape index (κ3) is 6.93. The van der Waals surface area contributed by atoms with E-state index in [9.17, 15) is 22.8 Å². The molecule has 0 radical (unpaired) electrons. The third-order valence-electron chi connectivity index (χ3n) is 3.91. The molecule has 6 nitrogen and oxygen atoms in total. The van der Waals surface area contributed by atoms with Gasteiger partial charge in [0.1, 0.15) is 12.4 Å². The van der Waals surface area contributed by atoms with Crippen LogP contribution in [-0.4, -0.2) is 43.5 Å². The molecule has 0 aromatic heterocycles. The number of carbonyl (C=O) groups excluding carboxylic acids is 2. The average Bonchev–Trinajstić information content (AvgIpc) is 2.72. The van der Waals surface area contributed by atoms with Crippen LogP contribution in [0.3, 0.4) is 0 Å². The predicted molar refractivity (Wildman–Crippen MR) is 106 cm³/mol. The molecule has 0 aliphatic heterocycles. The van der Waals surface area contributed by atoms with Gasteiger partial charge in [0.25, 0.3) is 0 Å². The molecular weight excluding hydrogens is 399 g/mol. The Balaban J connectivity index is 1.76. The van der Waals surface area contributed by atoms with Gasteiger partial charge in [0, 0.05) is 6.54 Å². The number of benzene rings is 2. The van der Waals surface area contributed by atoms with Crippen LogP contribution in [0, 0.1) is 17.5 Å². The first kappa shape index (κ1) is 23.0. The summed E-state index contributed by atoms with van der Waals surface area (Å²) in [6.07, 6.45) is 1.65. The van der Waals surface area contributed by atoms with Crippen molar-refractivity contribution in [3.05, 3.63) is 72.1 Å². The maximum atomic E-state index is 13.6. The molecule has 2 aromatic carbocycles. The SMILES string of the molecule is C=CCOc1ccc(CN(C)CC(=O)NCC(=O)Nc2ccc(F)c(F)c2F)cc1. The number of hydrogen-bond donors (Lipinski definition) is 2. The van der Waals surface area contributed by atoms with Crippen LogP contribution >= 0.6 is 0 Å². The van der Waals surface area contributed by atoms with Crippen molar-refractivity contribution in [3.8, 4) is 5.75 Å². The lowest BCUT2D eigenvalue weighted by Gasteiger charge is -2.16. The summed E-state index contributed by atoms with van der Waals surface area (Å²) in [5, 5.41) is 4.46. The second-order valence-corrected chi connectivity index (χ2v) is 6.46. The van der Waals surface area contributed by atoms with E-state index in [0.29, 0.717) is 25.0 Å². The lowest BCUT2D eigenvalue weighted by Crippen LogP contribution is -2.39. The Morgan fingerprint density at radius 1 is 1.07 bits per heavy atom. The minimum absolute atomic E-state index is 0.0154. The molecule has 2 rings (SSSR count). The Hall–Kier alpha value is -3.33. The van der Waals surface area contributed by atoms with Crippen LogP contribution in [0.5, 0.6) is 5.75 Å². The monoisotopic (exact) mass is 421 g/mol. The van der Waals surface area contributed by atoms with Crippen LogP contribution in [0.25, 0.3) is 0 Å². The Kier molecular flexibility index (Phi) is 8.42. The van der Waals surface area contributed by atoms with Gasteiger partial charge in [-0.25, -0.2) is 13.2 Å². The van der Waals surface area contributed by atoms with Crippen LogP contribution in [0.15, 0.2) is 49.1 Å². The normalized spacial score (nSPS) is 10.6. The topological polar surface area (TPSA) is 70.7 Å². The first-order chi connectivity index (χ1) is 14.3. The molecule has 9 heteroatoms. The second kappa shape index (κ2) is 11.0. The van der Waals surface area contributed by atoms with E-state index >= 15 is 0 Å². The molecule has 0 bridgehead atoms. The molecule has 2 N–H and O–H groups in total. The summed E-state index contributed by atoms with van der Waals surface area (Å²) >= 11 is 0. The van der Waals surface area contributed by atoms with Crippen LogP contribution in [0.4, 0.5) is 18.9 Å². The zero-order valence-electron chi connectivity index (χ0n) is 16.4. The zero-order chi connectivity index (χ0) is 22.1. The number of carbonyl (C=O) groups is 2. The Bertz CT molecular complexity index is 904. The fourth-order valence-corrected chi connectivity index (χ4v) is 2.51. The number of nitrogens with zero attached hydrogens (tertiary/aromatic N) is 1. The highest BCUT2D eigenvalue weighted by Gasteiger charge is 2.16. The minimum Gasteiger partial charge on any atom is -0.490 e. The van der Waals surface area contributed by atoms with Crippen molar-refractivity contribution in [1.82, 2.24) is 10.2 Å². The Morgan fingerprint density at radius 3 is 2.43 bits per heavy atom. The summed E-state index contributed by atoms with van der Waals surface area (Å²) in [5.74, 6) is -5.03. The number of rotatable bonds is 10. The Labute approximate surface area is 172 Å². The first-order valence-corrected chi connectivity index (χ1v) is 9.01. The van der Waals surface area contributed by atoms with Crippen LogP contribution in [0.1, 0.15) is 5.56 Å². The molecule has 0 saturated carbocycles. The van der Waals surface area contributed by atoms with Crippen molar-refractivity contribution in [2.24, 2.45) is 0 Å². The smallest absolute Gasteiger partial charge is 0.243 e. The molecule has 160 valence electrons. The molecule has 2 aromatic rings. The van der Waals surface area contributed by atoms with Crippen molar-refractivity contribution >= 4 is 17.5 Å². The number of anilines is 1. The van der Waals surface area contributed by atoms with Gasteiger partial charge in [-0.2, -0.15) is 0 Å². The van der Waals surface area contributed by atoms with E-state index in [1.807, 2.05) is 24.3 Å². The number of amides is 2. The van der Waals surface area contributed by atoms with E-state index in [1.54, 1.807) is 18.0 Å². The maximum absolute atomic E-state index is 13.6. The standard InChI is InChI=1S/C21H22F3N3O3/c1-3-10-30-15-6-4-14(5-7-15)12-27(2)13-19(29)25-11-18(28)26-17-9-8-16(22)20(23)21(17)24/h3-9H,1,10-13H2,2H3,(H,25,29)(H,26,28). The predicted octanol–water partition coefficient (Wildman–Crippen LogP) is 2.86. The number of likely N-dealkylation sites (N-methyl/N-ethyl adjacent to an activating group) is 1. The molecule has 0 atom stereocenters. The van der Waals surface area contributed by atoms with Gasteiger partial charge in [0.05, 0.1) is 18.8 Å². The van der Waals surface area contributed by atoms with E-state index in [-0.39, 0.29) is 6.54 Å². The summed E-state index contributed by atoms with van der Waals surface area (Å²) in [4.78, 5) is 25.5. The average molecular weight is 421 g/mol. The van der Waals surface area contributed by atoms with Gasteiger partial charge in [0.15, 0.2) is 17.5 Å². The van der Waals surface area contributed by atoms with Crippen molar-refractivity contribution in [1.29, 1.82) is 0 Å². The lowest BCUT2D eigenvalue weighted by molar-refractivity contribution is -0.124. The Morgan fingerprint density at radius 2 is 1.77 bits per heavy atom. The van der Waals surface area contributed by atoms with E-state index in [0.717, 1.165) is 11.6 Å². The summed E-state index contributed by atoms with van der Waals surface area (Å²) in [6, 6.07) is 8.96. The number of nitrogens with one attached hydrogen (secondary N) is 2. The molecule has 0 saturated heterocycles. The van der Waals surface area contributed by atoms with Crippen molar-refractivity contribution in [3.63, 3.8) is 0 Å². The molecule has 0 unspecified atom stereocenters. The van der Waals surface area contributed by atoms with Crippen LogP contribution in [0.2, 0.25) is 0 Å². The van der Waals surface area contributed by atoms with E-state index in [4.69, 9.17) is 4.74 Å². The lowest BCUT2D eigenvalue weighted by atomic mass is 10.2. The highest BCUT2D eigenvalue weighted by Crippen LogP contribution is 2.19. The molecule has 0 spiro atoms. The second-order valence-electron chi connectivity index (χ2n) is 6.46. The van der Waals surface area contributed by atoms with Gasteiger partial charge in [-0.1, -0.05) is 24.8 Å². The molecular formula is C21H22F3N3O3. The summed E-state index contributed by atoms with van der Waals surface area (Å²) < 4.78 is 45.0. The zero-order valence-corrected chi connectivity index (χ0v) is 16.4. The van der Waals surface area contributed by atoms with Gasteiger partial charge in [-0.05, 0) is 36.9 Å². The van der Waals surface area contributed by atoms with Gasteiger partial charge < -0.3 is 15.4 Å². The molecule has 0 fully saturated rings. The molecule has 30 heavy (non-hydrogen) atoms. The van der Waals surface area contributed by atoms with Crippen LogP contribution in [-0.2, 0) is 16.1 Å². The third-order valence-corrected chi connectivity index (χ3v) is 3.91. The molecule has 0 heterocycles. The molecule has 0 aliphatic rings. The number of hydrogen-bond acceptors (Lipinski definition) is 4. The van der Waals surface area contributed by atoms with Gasteiger partial charge in [0.2, 0.25) is 11.8 Å². The fourth-order valence-electron chi connectivity index (χ4n) is 2.51. The molecule has 0 aliphatic carbocycles. The van der Waals surface area contributed by atoms with Crippen molar-refractivity contribution in [2.75, 3.05) is 32.1 Å². The largest absolute Gasteiger partial charge is 0.490 e. The van der Waals surface area contributed by atoms with Gasteiger partial charge in [-0.15, -0.1) is 0 Å². The first-order valence-electron chi connectivity index (χ1n) is 9.01. The maximum Gasteiger partial charge on any atom is 0.243 e. The minimum atomic E-state index is -1.68. The van der Waals surface area contributed by atoms with Crippen molar-refractivity contribution < 1.29 is 27.5 Å². The van der Waals surface area contributed by atoms with E-state index in [2.05, 4.69) is 17.2 Å². The van der Waals surface area contributed by atoms with Gasteiger partial charge >= 0.3 is 0 Å². The summed E-state index contributed by atoms with van der Waals surface area (Å²) in [5.41, 5.74) is 0.452. The fraction of sp³-hybridized carbons (Fsp3) is 0.238. The molecule has 2 amide bonds. The highest BCUT2D eigenvalue weighted by atomic mass is 19.2. The van der Waals surface area contributed by atoms with Gasteiger partial charge in [-0.3, -0.25) is 14.5 Å².